The van der Waals surface area contributed by atoms with Gasteiger partial charge in [0.05, 0.1) is 12.2 Å². The number of amidine groups is 1. The first-order valence-corrected chi connectivity index (χ1v) is 11.3. The van der Waals surface area contributed by atoms with Gasteiger partial charge in [0.15, 0.2) is 5.17 Å². The first-order chi connectivity index (χ1) is 15.9. The van der Waals surface area contributed by atoms with E-state index in [9.17, 15) is 18.4 Å². The van der Waals surface area contributed by atoms with E-state index in [0.717, 1.165) is 17.3 Å². The molecule has 4 rings (SSSR count). The van der Waals surface area contributed by atoms with Gasteiger partial charge in [-0.25, -0.2) is 13.8 Å². The van der Waals surface area contributed by atoms with E-state index in [2.05, 4.69) is 10.3 Å². The van der Waals surface area contributed by atoms with Crippen molar-refractivity contribution in [3.8, 4) is 0 Å². The second-order valence-corrected chi connectivity index (χ2v) is 8.89. The molecule has 5 nitrogen and oxygen atoms in total. The summed E-state index contributed by atoms with van der Waals surface area (Å²) in [6.07, 6.45) is -0.0340. The third-order valence-corrected chi connectivity index (χ3v) is 6.29. The number of halogens is 3. The number of benzene rings is 3. The van der Waals surface area contributed by atoms with Crippen LogP contribution in [0.25, 0.3) is 0 Å². The summed E-state index contributed by atoms with van der Waals surface area (Å²) in [7, 11) is 0. The van der Waals surface area contributed by atoms with E-state index in [1.165, 1.54) is 53.4 Å². The molecule has 0 spiro atoms. The molecule has 1 unspecified atom stereocenters. The van der Waals surface area contributed by atoms with Crippen LogP contribution in [0.3, 0.4) is 0 Å². The van der Waals surface area contributed by atoms with Gasteiger partial charge in [-0.05, 0) is 66.2 Å². The number of aliphatic imine (C=N–C) groups is 1. The Labute approximate surface area is 198 Å². The van der Waals surface area contributed by atoms with Crippen molar-refractivity contribution in [3.63, 3.8) is 0 Å². The first-order valence-electron chi connectivity index (χ1n) is 9.99. The van der Waals surface area contributed by atoms with E-state index in [1.807, 2.05) is 12.1 Å². The summed E-state index contributed by atoms with van der Waals surface area (Å²) >= 11 is 7.10. The maximum atomic E-state index is 13.3. The second kappa shape index (κ2) is 10.1. The number of carbonyl (C=O) groups excluding carboxylic acids is 2. The van der Waals surface area contributed by atoms with Gasteiger partial charge in [-0.1, -0.05) is 35.5 Å². The minimum Gasteiger partial charge on any atom is -0.325 e. The van der Waals surface area contributed by atoms with E-state index >= 15 is 0 Å². The van der Waals surface area contributed by atoms with E-state index < -0.39 is 22.8 Å². The molecule has 3 aromatic rings. The molecule has 0 radical (unpaired) electrons. The highest BCUT2D eigenvalue weighted by Crippen LogP contribution is 2.31. The number of nitrogens with zero attached hydrogens (tertiary/aromatic N) is 2. The molecule has 1 saturated heterocycles. The lowest BCUT2D eigenvalue weighted by Crippen LogP contribution is -2.44. The number of thioether (sulfide) groups is 1. The monoisotopic (exact) mass is 485 g/mol. The van der Waals surface area contributed by atoms with Crippen LogP contribution in [0.5, 0.6) is 0 Å². The third kappa shape index (κ3) is 5.97. The lowest BCUT2D eigenvalue weighted by molar-refractivity contribution is -0.129. The molecular weight excluding hydrogens is 468 g/mol. The number of anilines is 1. The van der Waals surface area contributed by atoms with Gasteiger partial charge in [-0.3, -0.25) is 14.5 Å². The van der Waals surface area contributed by atoms with Crippen LogP contribution in [-0.2, 0) is 16.1 Å². The summed E-state index contributed by atoms with van der Waals surface area (Å²) in [5, 5.41) is 2.88. The minimum atomic E-state index is -0.733. The molecule has 0 bridgehead atoms. The maximum Gasteiger partial charge on any atom is 0.238 e. The highest BCUT2D eigenvalue weighted by Gasteiger charge is 2.36. The first kappa shape index (κ1) is 22.9. The van der Waals surface area contributed by atoms with Crippen molar-refractivity contribution in [2.24, 2.45) is 4.99 Å². The Kier molecular flexibility index (Phi) is 7.05. The summed E-state index contributed by atoms with van der Waals surface area (Å²) in [6, 6.07) is 18.0. The molecule has 33 heavy (non-hydrogen) atoms. The standard InChI is InChI=1S/C24H18ClF2N3O2S/c25-16-3-1-15(2-4-16)14-30-22(31)13-21(23(32)28-19-9-5-17(26)6-10-19)33-24(30)29-20-11-7-18(27)8-12-20/h1-12,21H,13-14H2,(H,28,32). The highest BCUT2D eigenvalue weighted by atomic mass is 35.5. The smallest absolute Gasteiger partial charge is 0.238 e. The molecule has 168 valence electrons. The van der Waals surface area contributed by atoms with Crippen molar-refractivity contribution in [3.05, 3.63) is 95.0 Å². The number of hydrogen-bond acceptors (Lipinski definition) is 4. The Morgan fingerprint density at radius 3 is 2.24 bits per heavy atom. The van der Waals surface area contributed by atoms with Crippen molar-refractivity contribution in [1.82, 2.24) is 4.90 Å². The molecule has 1 atom stereocenters. The number of rotatable bonds is 5. The molecule has 1 N–H and O–H groups in total. The number of nitrogens with one attached hydrogen (secondary N) is 1. The highest BCUT2D eigenvalue weighted by molar-refractivity contribution is 8.15. The van der Waals surface area contributed by atoms with E-state index in [-0.39, 0.29) is 18.9 Å². The van der Waals surface area contributed by atoms with Gasteiger partial charge in [0, 0.05) is 17.1 Å². The van der Waals surface area contributed by atoms with Crippen LogP contribution in [0, 0.1) is 11.6 Å². The Hall–Kier alpha value is -3.23. The van der Waals surface area contributed by atoms with Gasteiger partial charge < -0.3 is 5.32 Å². The number of carbonyl (C=O) groups is 2. The quantitative estimate of drug-likeness (QED) is 0.498. The zero-order valence-electron chi connectivity index (χ0n) is 17.2. The summed E-state index contributed by atoms with van der Waals surface area (Å²) in [4.78, 5) is 31.9. The molecule has 1 heterocycles. The predicted molar refractivity (Wildman–Crippen MR) is 127 cm³/mol. The topological polar surface area (TPSA) is 61.8 Å². The molecule has 2 amide bonds. The largest absolute Gasteiger partial charge is 0.325 e. The van der Waals surface area contributed by atoms with Gasteiger partial charge in [0.1, 0.15) is 16.9 Å². The number of amides is 2. The van der Waals surface area contributed by atoms with Gasteiger partial charge >= 0.3 is 0 Å². The lowest BCUT2D eigenvalue weighted by atomic mass is 10.2. The molecule has 1 aliphatic heterocycles. The fourth-order valence-electron chi connectivity index (χ4n) is 3.15. The average molecular weight is 486 g/mol. The molecule has 9 heteroatoms. The van der Waals surface area contributed by atoms with Crippen molar-refractivity contribution < 1.29 is 18.4 Å². The zero-order chi connectivity index (χ0) is 23.4. The van der Waals surface area contributed by atoms with Crippen LogP contribution in [0.2, 0.25) is 5.02 Å². The lowest BCUT2D eigenvalue weighted by Gasteiger charge is -2.32. The summed E-state index contributed by atoms with van der Waals surface area (Å²) in [5.41, 5.74) is 1.72. The number of hydrogen-bond donors (Lipinski definition) is 1. The van der Waals surface area contributed by atoms with E-state index in [1.54, 1.807) is 12.1 Å². The van der Waals surface area contributed by atoms with Crippen LogP contribution >= 0.6 is 23.4 Å². The molecule has 1 fully saturated rings. The Morgan fingerprint density at radius 1 is 1.00 bits per heavy atom. The second-order valence-electron chi connectivity index (χ2n) is 7.28. The van der Waals surface area contributed by atoms with Crippen molar-refractivity contribution in [2.45, 2.75) is 18.2 Å². The van der Waals surface area contributed by atoms with E-state index in [4.69, 9.17) is 11.6 Å². The fraction of sp³-hybridized carbons (Fsp3) is 0.125. The van der Waals surface area contributed by atoms with Crippen LogP contribution in [-0.4, -0.2) is 27.1 Å². The Balaban J connectivity index is 1.59. The predicted octanol–water partition coefficient (Wildman–Crippen LogP) is 5.78. The minimum absolute atomic E-state index is 0.0340. The molecule has 0 aliphatic carbocycles. The average Bonchev–Trinajstić information content (AvgIpc) is 2.80. The molecule has 0 saturated carbocycles. The van der Waals surface area contributed by atoms with Gasteiger partial charge in [-0.15, -0.1) is 0 Å². The van der Waals surface area contributed by atoms with Crippen LogP contribution in [0.1, 0.15) is 12.0 Å². The summed E-state index contributed by atoms with van der Waals surface area (Å²) in [6.45, 7) is 0.245. The SMILES string of the molecule is O=C(Nc1ccc(F)cc1)C1CC(=O)N(Cc2ccc(Cl)cc2)C(=Nc2ccc(F)cc2)S1. The molecular formula is C24H18ClF2N3O2S. The van der Waals surface area contributed by atoms with Crippen LogP contribution in [0.15, 0.2) is 77.8 Å². The summed E-state index contributed by atoms with van der Waals surface area (Å²) in [5.74, 6) is -1.48. The molecule has 3 aromatic carbocycles. The Bertz CT molecular complexity index is 1190. The normalized spacial score (nSPS) is 17.3. The maximum absolute atomic E-state index is 13.3. The van der Waals surface area contributed by atoms with Gasteiger partial charge in [-0.2, -0.15) is 0 Å². The van der Waals surface area contributed by atoms with Crippen LogP contribution < -0.4 is 5.32 Å². The van der Waals surface area contributed by atoms with Gasteiger partial charge in [0.25, 0.3) is 0 Å². The van der Waals surface area contributed by atoms with Crippen molar-refractivity contribution in [2.75, 3.05) is 5.32 Å². The molecule has 1 aliphatic rings. The van der Waals surface area contributed by atoms with E-state index in [0.29, 0.717) is 21.6 Å². The fourth-order valence-corrected chi connectivity index (χ4v) is 4.38. The third-order valence-electron chi connectivity index (χ3n) is 4.85. The summed E-state index contributed by atoms with van der Waals surface area (Å²) < 4.78 is 26.5. The van der Waals surface area contributed by atoms with Crippen molar-refractivity contribution >= 4 is 51.7 Å². The van der Waals surface area contributed by atoms with Gasteiger partial charge in [0.2, 0.25) is 11.8 Å². The van der Waals surface area contributed by atoms with Crippen LogP contribution in [0.4, 0.5) is 20.2 Å². The Morgan fingerprint density at radius 2 is 1.61 bits per heavy atom. The van der Waals surface area contributed by atoms with Crippen molar-refractivity contribution in [1.29, 1.82) is 0 Å². The zero-order valence-corrected chi connectivity index (χ0v) is 18.7. The molecule has 0 aromatic heterocycles.